The molecular weight excluding hydrogens is 192 g/mol. The van der Waals surface area contributed by atoms with Crippen LogP contribution in [0.5, 0.6) is 0 Å². The van der Waals surface area contributed by atoms with Gasteiger partial charge in [-0.25, -0.2) is 0 Å². The molecule has 1 unspecified atom stereocenters. The molecule has 5 heteroatoms. The van der Waals surface area contributed by atoms with E-state index in [1.807, 2.05) is 6.92 Å². The second-order valence-corrected chi connectivity index (χ2v) is 3.59. The van der Waals surface area contributed by atoms with E-state index in [2.05, 4.69) is 10.4 Å². The Bertz CT molecular complexity index is 321. The molecule has 1 heterocycles. The molecule has 1 rings (SSSR count). The minimum atomic E-state index is -0.140. The monoisotopic (exact) mass is 210 g/mol. The van der Waals surface area contributed by atoms with Crippen LogP contribution < -0.4 is 11.1 Å². The van der Waals surface area contributed by atoms with E-state index in [-0.39, 0.29) is 11.9 Å². The lowest BCUT2D eigenvalue weighted by Crippen LogP contribution is -2.30. The highest BCUT2D eigenvalue weighted by Gasteiger charge is 2.08. The van der Waals surface area contributed by atoms with E-state index in [0.717, 1.165) is 12.8 Å². The van der Waals surface area contributed by atoms with E-state index in [9.17, 15) is 4.79 Å². The molecule has 0 aliphatic carbocycles. The smallest absolute Gasteiger partial charge is 0.271 e. The van der Waals surface area contributed by atoms with Crippen LogP contribution in [-0.2, 0) is 7.05 Å². The number of aromatic nitrogens is 2. The van der Waals surface area contributed by atoms with E-state index in [1.165, 1.54) is 0 Å². The van der Waals surface area contributed by atoms with Crippen molar-refractivity contribution in [3.63, 3.8) is 0 Å². The Morgan fingerprint density at radius 2 is 2.47 bits per heavy atom. The third-order valence-corrected chi connectivity index (χ3v) is 2.27. The van der Waals surface area contributed by atoms with Gasteiger partial charge in [0.05, 0.1) is 0 Å². The van der Waals surface area contributed by atoms with Crippen LogP contribution in [0.25, 0.3) is 0 Å². The maximum atomic E-state index is 11.5. The zero-order valence-corrected chi connectivity index (χ0v) is 9.23. The van der Waals surface area contributed by atoms with E-state index in [4.69, 9.17) is 5.73 Å². The highest BCUT2D eigenvalue weighted by atomic mass is 16.1. The minimum Gasteiger partial charge on any atom is -0.351 e. The van der Waals surface area contributed by atoms with Crippen LogP contribution >= 0.6 is 0 Å². The number of nitrogens with one attached hydrogen (secondary N) is 1. The summed E-state index contributed by atoms with van der Waals surface area (Å²) in [7, 11) is 1.78. The topological polar surface area (TPSA) is 72.9 Å². The molecule has 5 nitrogen and oxygen atoms in total. The van der Waals surface area contributed by atoms with Crippen LogP contribution in [0, 0.1) is 0 Å². The summed E-state index contributed by atoms with van der Waals surface area (Å²) in [5.41, 5.74) is 6.18. The van der Waals surface area contributed by atoms with Crippen molar-refractivity contribution in [2.75, 3.05) is 6.54 Å². The van der Waals surface area contributed by atoms with Crippen molar-refractivity contribution >= 4 is 5.91 Å². The van der Waals surface area contributed by atoms with Crippen molar-refractivity contribution in [2.45, 2.75) is 25.8 Å². The highest BCUT2D eigenvalue weighted by molar-refractivity contribution is 5.92. The zero-order chi connectivity index (χ0) is 11.3. The lowest BCUT2D eigenvalue weighted by atomic mass is 10.2. The van der Waals surface area contributed by atoms with Crippen molar-refractivity contribution in [1.29, 1.82) is 0 Å². The molecule has 1 aromatic heterocycles. The van der Waals surface area contributed by atoms with Gasteiger partial charge in [0.1, 0.15) is 5.69 Å². The van der Waals surface area contributed by atoms with Crippen LogP contribution in [0.1, 0.15) is 30.3 Å². The number of hydrogen-bond acceptors (Lipinski definition) is 3. The standard InChI is InChI=1S/C10H18N4O/c1-3-8(11)4-6-12-10(15)9-5-7-14(2)13-9/h5,7-8H,3-4,6,11H2,1-2H3,(H,12,15). The van der Waals surface area contributed by atoms with E-state index in [1.54, 1.807) is 24.0 Å². The van der Waals surface area contributed by atoms with E-state index >= 15 is 0 Å². The van der Waals surface area contributed by atoms with Crippen LogP contribution in [0.4, 0.5) is 0 Å². The molecule has 0 aromatic carbocycles. The molecule has 0 fully saturated rings. The van der Waals surface area contributed by atoms with Crippen molar-refractivity contribution in [1.82, 2.24) is 15.1 Å². The number of nitrogens with zero attached hydrogens (tertiary/aromatic N) is 2. The SMILES string of the molecule is CCC(N)CCNC(=O)c1ccn(C)n1. The molecule has 0 spiro atoms. The molecule has 0 aliphatic rings. The third kappa shape index (κ3) is 3.71. The van der Waals surface area contributed by atoms with Gasteiger partial charge >= 0.3 is 0 Å². The fourth-order valence-electron chi connectivity index (χ4n) is 1.20. The fraction of sp³-hybridized carbons (Fsp3) is 0.600. The molecule has 1 amide bonds. The molecule has 3 N–H and O–H groups in total. The Morgan fingerprint density at radius 1 is 1.73 bits per heavy atom. The molecule has 0 radical (unpaired) electrons. The molecule has 84 valence electrons. The number of aryl methyl sites for hydroxylation is 1. The lowest BCUT2D eigenvalue weighted by Gasteiger charge is -2.08. The first-order chi connectivity index (χ1) is 7.13. The normalized spacial score (nSPS) is 12.5. The van der Waals surface area contributed by atoms with E-state index < -0.39 is 0 Å². The van der Waals surface area contributed by atoms with Gasteiger partial charge in [-0.1, -0.05) is 6.92 Å². The minimum absolute atomic E-state index is 0.140. The Hall–Kier alpha value is -1.36. The first-order valence-electron chi connectivity index (χ1n) is 5.17. The van der Waals surface area contributed by atoms with E-state index in [0.29, 0.717) is 12.2 Å². The number of hydrogen-bond donors (Lipinski definition) is 2. The molecule has 1 aromatic rings. The second kappa shape index (κ2) is 5.50. The van der Waals surface area contributed by atoms with Gasteiger partial charge in [-0.3, -0.25) is 9.48 Å². The third-order valence-electron chi connectivity index (χ3n) is 2.27. The van der Waals surface area contributed by atoms with Crippen molar-refractivity contribution < 1.29 is 4.79 Å². The molecule has 0 bridgehead atoms. The maximum absolute atomic E-state index is 11.5. The van der Waals surface area contributed by atoms with Gasteiger partial charge in [-0.05, 0) is 18.9 Å². The van der Waals surface area contributed by atoms with Gasteiger partial charge in [-0.15, -0.1) is 0 Å². The number of carbonyl (C=O) groups is 1. The molecule has 0 aliphatic heterocycles. The second-order valence-electron chi connectivity index (χ2n) is 3.59. The predicted molar refractivity (Wildman–Crippen MR) is 58.4 cm³/mol. The lowest BCUT2D eigenvalue weighted by molar-refractivity contribution is 0.0947. The van der Waals surface area contributed by atoms with Crippen molar-refractivity contribution in [2.24, 2.45) is 12.8 Å². The number of carbonyl (C=O) groups excluding carboxylic acids is 1. The Morgan fingerprint density at radius 3 is 3.00 bits per heavy atom. The fourth-order valence-corrected chi connectivity index (χ4v) is 1.20. The van der Waals surface area contributed by atoms with Crippen molar-refractivity contribution in [3.05, 3.63) is 18.0 Å². The number of nitrogens with two attached hydrogens (primary N) is 1. The summed E-state index contributed by atoms with van der Waals surface area (Å²) in [6.45, 7) is 2.63. The van der Waals surface area contributed by atoms with Gasteiger partial charge in [0.15, 0.2) is 0 Å². The summed E-state index contributed by atoms with van der Waals surface area (Å²) < 4.78 is 1.60. The quantitative estimate of drug-likeness (QED) is 0.733. The number of amides is 1. The molecule has 15 heavy (non-hydrogen) atoms. The van der Waals surface area contributed by atoms with Crippen molar-refractivity contribution in [3.8, 4) is 0 Å². The Balaban J connectivity index is 2.31. The molecular formula is C10H18N4O. The summed E-state index contributed by atoms with van der Waals surface area (Å²) in [6.07, 6.45) is 3.47. The van der Waals surface area contributed by atoms with Gasteiger partial charge in [-0.2, -0.15) is 5.10 Å². The first-order valence-corrected chi connectivity index (χ1v) is 5.17. The largest absolute Gasteiger partial charge is 0.351 e. The molecule has 0 saturated carbocycles. The van der Waals surface area contributed by atoms with Crippen LogP contribution in [0.3, 0.4) is 0 Å². The zero-order valence-electron chi connectivity index (χ0n) is 9.23. The summed E-state index contributed by atoms with van der Waals surface area (Å²) in [5, 5.41) is 6.78. The van der Waals surface area contributed by atoms with Crippen LogP contribution in [0.2, 0.25) is 0 Å². The van der Waals surface area contributed by atoms with Crippen LogP contribution in [-0.4, -0.2) is 28.3 Å². The van der Waals surface area contributed by atoms with Gasteiger partial charge in [0.25, 0.3) is 5.91 Å². The molecule has 0 saturated heterocycles. The Kier molecular flexibility index (Phi) is 4.30. The summed E-state index contributed by atoms with van der Waals surface area (Å²) in [6, 6.07) is 1.85. The summed E-state index contributed by atoms with van der Waals surface area (Å²) in [5.74, 6) is -0.140. The maximum Gasteiger partial charge on any atom is 0.271 e. The van der Waals surface area contributed by atoms with Gasteiger partial charge in [0.2, 0.25) is 0 Å². The first kappa shape index (κ1) is 11.7. The number of rotatable bonds is 5. The average Bonchev–Trinajstić information content (AvgIpc) is 2.64. The van der Waals surface area contributed by atoms with Gasteiger partial charge < -0.3 is 11.1 Å². The van der Waals surface area contributed by atoms with Gasteiger partial charge in [0, 0.05) is 25.8 Å². The average molecular weight is 210 g/mol. The molecule has 1 atom stereocenters. The summed E-state index contributed by atoms with van der Waals surface area (Å²) >= 11 is 0. The predicted octanol–water partition coefficient (Wildman–Crippen LogP) is 0.277. The van der Waals surface area contributed by atoms with Crippen LogP contribution in [0.15, 0.2) is 12.3 Å². The summed E-state index contributed by atoms with van der Waals surface area (Å²) in [4.78, 5) is 11.5. The highest BCUT2D eigenvalue weighted by Crippen LogP contribution is 1.95. The Labute approximate surface area is 89.6 Å².